The molecule has 1 aromatic carbocycles. The zero-order valence-corrected chi connectivity index (χ0v) is 20.1. The van der Waals surface area contributed by atoms with Crippen LogP contribution in [0.3, 0.4) is 0 Å². The van der Waals surface area contributed by atoms with Crippen LogP contribution in [0.25, 0.3) is 10.9 Å². The molecule has 1 amide bonds. The molecule has 0 spiro atoms. The van der Waals surface area contributed by atoms with Crippen molar-refractivity contribution in [3.05, 3.63) is 40.4 Å². The second-order valence-electron chi connectivity index (χ2n) is 8.57. The van der Waals surface area contributed by atoms with Crippen molar-refractivity contribution in [2.75, 3.05) is 27.2 Å². The molecule has 0 N–H and O–H groups in total. The summed E-state index contributed by atoms with van der Waals surface area (Å²) in [5.74, 6) is 0.879. The van der Waals surface area contributed by atoms with Crippen molar-refractivity contribution in [1.82, 2.24) is 19.4 Å². The predicted octanol–water partition coefficient (Wildman–Crippen LogP) is 4.62. The molecule has 0 aliphatic heterocycles. The highest BCUT2D eigenvalue weighted by Gasteiger charge is 2.28. The molecule has 6 heteroatoms. The van der Waals surface area contributed by atoms with E-state index in [0.29, 0.717) is 36.2 Å². The second-order valence-corrected chi connectivity index (χ2v) is 8.57. The summed E-state index contributed by atoms with van der Waals surface area (Å²) in [5.41, 5.74) is 0.695. The maximum Gasteiger partial charge on any atom is 0.261 e. The van der Waals surface area contributed by atoms with Crippen molar-refractivity contribution in [2.45, 2.75) is 78.3 Å². The summed E-state index contributed by atoms with van der Waals surface area (Å²) in [6.45, 7) is 8.34. The topological polar surface area (TPSA) is 58.4 Å². The first-order chi connectivity index (χ1) is 14.9. The standard InChI is InChI=1S/C25H40N4O2/c1-6-9-10-11-16-23(30)28(19-18-27(4)5)22(8-3)24-26-21-15-13-12-14-20(21)25(31)29(24)17-7-2/h12-15,22H,6-11,16-19H2,1-5H3. The summed E-state index contributed by atoms with van der Waals surface area (Å²) in [5, 5.41) is 0.639. The number of benzene rings is 1. The fraction of sp³-hybridized carbons (Fsp3) is 0.640. The largest absolute Gasteiger partial charge is 0.331 e. The number of carbonyl (C=O) groups excluding carboxylic acids is 1. The van der Waals surface area contributed by atoms with E-state index >= 15 is 0 Å². The minimum Gasteiger partial charge on any atom is -0.331 e. The molecule has 1 aromatic heterocycles. The molecule has 0 saturated heterocycles. The summed E-state index contributed by atoms with van der Waals surface area (Å²) < 4.78 is 1.80. The molecule has 1 unspecified atom stereocenters. The van der Waals surface area contributed by atoms with Crippen LogP contribution in [0.15, 0.2) is 29.1 Å². The number of unbranched alkanes of at least 4 members (excludes halogenated alkanes) is 3. The molecule has 0 aliphatic rings. The van der Waals surface area contributed by atoms with Crippen molar-refractivity contribution >= 4 is 16.8 Å². The average molecular weight is 429 g/mol. The Morgan fingerprint density at radius 2 is 1.77 bits per heavy atom. The van der Waals surface area contributed by atoms with Gasteiger partial charge in [0.1, 0.15) is 5.82 Å². The zero-order chi connectivity index (χ0) is 22.8. The Morgan fingerprint density at radius 1 is 1.03 bits per heavy atom. The second kappa shape index (κ2) is 12.6. The van der Waals surface area contributed by atoms with Crippen molar-refractivity contribution in [3.63, 3.8) is 0 Å². The summed E-state index contributed by atoms with van der Waals surface area (Å²) in [6, 6.07) is 7.31. The normalized spacial score (nSPS) is 12.5. The number of likely N-dealkylation sites (N-methyl/N-ethyl adjacent to an activating group) is 1. The van der Waals surface area contributed by atoms with Crippen LogP contribution < -0.4 is 5.56 Å². The highest BCUT2D eigenvalue weighted by Crippen LogP contribution is 2.25. The van der Waals surface area contributed by atoms with Gasteiger partial charge in [0.2, 0.25) is 5.91 Å². The van der Waals surface area contributed by atoms with Gasteiger partial charge in [-0.2, -0.15) is 0 Å². The Morgan fingerprint density at radius 3 is 2.42 bits per heavy atom. The molecule has 1 atom stereocenters. The van der Waals surface area contributed by atoms with Crippen LogP contribution in [0.1, 0.15) is 77.6 Å². The maximum atomic E-state index is 13.3. The van der Waals surface area contributed by atoms with Gasteiger partial charge in [-0.3, -0.25) is 14.2 Å². The molecule has 6 nitrogen and oxygen atoms in total. The molecule has 0 aliphatic carbocycles. The lowest BCUT2D eigenvalue weighted by Crippen LogP contribution is -2.42. The van der Waals surface area contributed by atoms with Crippen molar-refractivity contribution < 1.29 is 4.79 Å². The van der Waals surface area contributed by atoms with Crippen molar-refractivity contribution in [3.8, 4) is 0 Å². The number of fused-ring (bicyclic) bond motifs is 1. The van der Waals surface area contributed by atoms with Crippen molar-refractivity contribution in [1.29, 1.82) is 0 Å². The van der Waals surface area contributed by atoms with E-state index in [1.54, 1.807) is 4.57 Å². The summed E-state index contributed by atoms with van der Waals surface area (Å²) >= 11 is 0. The van der Waals surface area contributed by atoms with Gasteiger partial charge < -0.3 is 9.80 Å². The van der Waals surface area contributed by atoms with E-state index in [1.807, 2.05) is 43.3 Å². The van der Waals surface area contributed by atoms with E-state index in [0.717, 1.165) is 45.1 Å². The third-order valence-corrected chi connectivity index (χ3v) is 5.75. The number of carbonyl (C=O) groups is 1. The molecule has 0 saturated carbocycles. The lowest BCUT2D eigenvalue weighted by Gasteiger charge is -2.33. The van der Waals surface area contributed by atoms with Gasteiger partial charge in [-0.25, -0.2) is 4.98 Å². The third kappa shape index (κ3) is 6.63. The minimum atomic E-state index is -0.206. The first-order valence-electron chi connectivity index (χ1n) is 11.9. The number of amides is 1. The first-order valence-corrected chi connectivity index (χ1v) is 11.9. The molecule has 2 aromatic rings. The van der Waals surface area contributed by atoms with Gasteiger partial charge >= 0.3 is 0 Å². The SMILES string of the molecule is CCCCCCC(=O)N(CCN(C)C)C(CC)c1nc2ccccc2c(=O)n1CCC. The molecule has 0 bridgehead atoms. The summed E-state index contributed by atoms with van der Waals surface area (Å²) in [4.78, 5) is 35.6. The van der Waals surface area contributed by atoms with Gasteiger partial charge in [-0.15, -0.1) is 0 Å². The first kappa shape index (κ1) is 25.1. The van der Waals surface area contributed by atoms with Crippen LogP contribution in [-0.2, 0) is 11.3 Å². The van der Waals surface area contributed by atoms with E-state index < -0.39 is 0 Å². The lowest BCUT2D eigenvalue weighted by atomic mass is 10.1. The highest BCUT2D eigenvalue weighted by molar-refractivity contribution is 5.78. The average Bonchev–Trinajstić information content (AvgIpc) is 2.76. The highest BCUT2D eigenvalue weighted by atomic mass is 16.2. The van der Waals surface area contributed by atoms with Crippen LogP contribution in [0.5, 0.6) is 0 Å². The van der Waals surface area contributed by atoms with E-state index in [-0.39, 0.29) is 17.5 Å². The monoisotopic (exact) mass is 428 g/mol. The number of hydrogen-bond acceptors (Lipinski definition) is 4. The van der Waals surface area contributed by atoms with Crippen LogP contribution in [0.2, 0.25) is 0 Å². The Labute approximate surface area is 187 Å². The molecule has 2 rings (SSSR count). The molecular formula is C25H40N4O2. The Kier molecular flexibility index (Phi) is 10.2. The summed E-state index contributed by atoms with van der Waals surface area (Å²) in [7, 11) is 4.04. The molecule has 0 radical (unpaired) electrons. The van der Waals surface area contributed by atoms with Gasteiger partial charge in [0.15, 0.2) is 0 Å². The number of rotatable bonds is 13. The third-order valence-electron chi connectivity index (χ3n) is 5.75. The van der Waals surface area contributed by atoms with Crippen LogP contribution in [0, 0.1) is 0 Å². The van der Waals surface area contributed by atoms with Crippen LogP contribution in [0.4, 0.5) is 0 Å². The molecule has 31 heavy (non-hydrogen) atoms. The summed E-state index contributed by atoms with van der Waals surface area (Å²) in [6.07, 6.45) is 6.42. The van der Waals surface area contributed by atoms with Gasteiger partial charge in [0.25, 0.3) is 5.56 Å². The van der Waals surface area contributed by atoms with Crippen LogP contribution in [-0.4, -0.2) is 52.4 Å². The molecule has 172 valence electrons. The minimum absolute atomic E-state index is 0.0103. The predicted molar refractivity (Wildman–Crippen MR) is 128 cm³/mol. The van der Waals surface area contributed by atoms with E-state index in [4.69, 9.17) is 4.98 Å². The van der Waals surface area contributed by atoms with Gasteiger partial charge in [0, 0.05) is 26.1 Å². The smallest absolute Gasteiger partial charge is 0.261 e. The molecular weight excluding hydrogens is 388 g/mol. The van der Waals surface area contributed by atoms with E-state index in [1.165, 1.54) is 0 Å². The van der Waals surface area contributed by atoms with E-state index in [2.05, 4.69) is 25.7 Å². The number of hydrogen-bond donors (Lipinski definition) is 0. The fourth-order valence-corrected chi connectivity index (χ4v) is 4.03. The van der Waals surface area contributed by atoms with Gasteiger partial charge in [0.05, 0.1) is 16.9 Å². The van der Waals surface area contributed by atoms with Crippen LogP contribution >= 0.6 is 0 Å². The molecule has 0 fully saturated rings. The van der Waals surface area contributed by atoms with Gasteiger partial charge in [-0.1, -0.05) is 52.2 Å². The lowest BCUT2D eigenvalue weighted by molar-refractivity contribution is -0.134. The van der Waals surface area contributed by atoms with E-state index in [9.17, 15) is 9.59 Å². The Hall–Kier alpha value is -2.21. The number of nitrogens with zero attached hydrogens (tertiary/aromatic N) is 4. The quantitative estimate of drug-likeness (QED) is 0.437. The Balaban J connectivity index is 2.47. The Bertz CT molecular complexity index is 891. The number of aromatic nitrogens is 2. The van der Waals surface area contributed by atoms with Crippen molar-refractivity contribution in [2.24, 2.45) is 0 Å². The van der Waals surface area contributed by atoms with Gasteiger partial charge in [-0.05, 0) is 45.5 Å². The molecule has 1 heterocycles. The maximum absolute atomic E-state index is 13.3. The number of para-hydroxylation sites is 1. The fourth-order valence-electron chi connectivity index (χ4n) is 4.03. The zero-order valence-electron chi connectivity index (χ0n) is 20.1.